The maximum absolute atomic E-state index is 3.89. The molecular formula is C11H25NSi. The summed E-state index contributed by atoms with van der Waals surface area (Å²) in [5.74, 6) is 0. The molecule has 0 aromatic heterocycles. The second kappa shape index (κ2) is 3.74. The molecule has 1 nitrogen and oxygen atoms in total. The Morgan fingerprint density at radius 1 is 1.15 bits per heavy atom. The van der Waals surface area contributed by atoms with Crippen LogP contribution in [0.2, 0.25) is 19.6 Å². The van der Waals surface area contributed by atoms with Crippen LogP contribution in [0.4, 0.5) is 0 Å². The first-order valence-electron chi connectivity index (χ1n) is 5.59. The molecule has 1 N–H and O–H groups in total. The van der Waals surface area contributed by atoms with Crippen molar-refractivity contribution >= 4 is 8.24 Å². The molecule has 13 heavy (non-hydrogen) atoms. The summed E-state index contributed by atoms with van der Waals surface area (Å²) in [5, 5.41) is 0. The Labute approximate surface area is 84.4 Å². The summed E-state index contributed by atoms with van der Waals surface area (Å²) in [7, 11) is -1.08. The van der Waals surface area contributed by atoms with Crippen LogP contribution >= 0.6 is 0 Å². The van der Waals surface area contributed by atoms with Crippen molar-refractivity contribution in [2.24, 2.45) is 5.41 Å². The topological polar surface area (TPSA) is 12.0 Å². The van der Waals surface area contributed by atoms with Gasteiger partial charge in [-0.2, -0.15) is 0 Å². The van der Waals surface area contributed by atoms with E-state index in [1.54, 1.807) is 0 Å². The Hall–Kier alpha value is 0.177. The van der Waals surface area contributed by atoms with Crippen LogP contribution in [0.15, 0.2) is 0 Å². The Kier molecular flexibility index (Phi) is 3.23. The first kappa shape index (κ1) is 11.3. The van der Waals surface area contributed by atoms with Crippen molar-refractivity contribution in [3.63, 3.8) is 0 Å². The second-order valence-electron chi connectivity index (χ2n) is 6.18. The van der Waals surface area contributed by atoms with Gasteiger partial charge in [-0.05, 0) is 18.3 Å². The van der Waals surface area contributed by atoms with Crippen LogP contribution in [0.3, 0.4) is 0 Å². The molecule has 0 spiro atoms. The second-order valence-corrected chi connectivity index (χ2v) is 11.0. The quantitative estimate of drug-likeness (QED) is 0.672. The summed E-state index contributed by atoms with van der Waals surface area (Å²) < 4.78 is 0. The van der Waals surface area contributed by atoms with Crippen molar-refractivity contribution < 1.29 is 0 Å². The minimum absolute atomic E-state index is 0.526. The molecule has 0 radical (unpaired) electrons. The predicted octanol–water partition coefficient (Wildman–Crippen LogP) is 3.38. The van der Waals surface area contributed by atoms with E-state index in [2.05, 4.69) is 38.5 Å². The van der Waals surface area contributed by atoms with Crippen molar-refractivity contribution in [3.05, 3.63) is 0 Å². The van der Waals surface area contributed by atoms with Gasteiger partial charge in [-0.15, -0.1) is 0 Å². The third kappa shape index (κ3) is 3.43. The van der Waals surface area contributed by atoms with E-state index in [-0.39, 0.29) is 0 Å². The van der Waals surface area contributed by atoms with Crippen LogP contribution in [0, 0.1) is 5.41 Å². The van der Waals surface area contributed by atoms with Crippen LogP contribution in [0.5, 0.6) is 0 Å². The van der Waals surface area contributed by atoms with Gasteiger partial charge in [0.15, 0.2) is 0 Å². The van der Waals surface area contributed by atoms with Gasteiger partial charge in [-0.3, -0.25) is 0 Å². The fraction of sp³-hybridized carbons (Fsp3) is 1.00. The maximum atomic E-state index is 3.89. The fourth-order valence-corrected chi connectivity index (χ4v) is 3.86. The lowest BCUT2D eigenvalue weighted by atomic mass is 9.74. The number of rotatable bonds is 2. The molecule has 0 aromatic carbocycles. The minimum Gasteiger partial charge on any atom is -0.334 e. The monoisotopic (exact) mass is 199 g/mol. The van der Waals surface area contributed by atoms with E-state index in [4.69, 9.17) is 0 Å². The van der Waals surface area contributed by atoms with Gasteiger partial charge in [-0.1, -0.05) is 46.3 Å². The highest BCUT2D eigenvalue weighted by atomic mass is 28.3. The van der Waals surface area contributed by atoms with E-state index < -0.39 is 8.24 Å². The Morgan fingerprint density at radius 2 is 1.77 bits per heavy atom. The molecule has 0 aliphatic heterocycles. The molecule has 1 aliphatic rings. The molecule has 1 fully saturated rings. The molecule has 1 aliphatic carbocycles. The Balaban J connectivity index is 2.56. The van der Waals surface area contributed by atoms with Gasteiger partial charge in [0.05, 0.1) is 0 Å². The first-order valence-corrected chi connectivity index (χ1v) is 9.09. The summed E-state index contributed by atoms with van der Waals surface area (Å²) in [6.45, 7) is 12.0. The van der Waals surface area contributed by atoms with E-state index >= 15 is 0 Å². The van der Waals surface area contributed by atoms with Crippen LogP contribution in [-0.2, 0) is 0 Å². The molecule has 78 valence electrons. The summed E-state index contributed by atoms with van der Waals surface area (Å²) in [6, 6.07) is 0.771. The molecule has 0 aromatic rings. The summed E-state index contributed by atoms with van der Waals surface area (Å²) in [6.07, 6.45) is 5.63. The Morgan fingerprint density at radius 3 is 2.23 bits per heavy atom. The molecule has 0 amide bonds. The molecule has 0 heterocycles. The number of hydrogen-bond donors (Lipinski definition) is 1. The summed E-state index contributed by atoms with van der Waals surface area (Å²) in [5.41, 5.74) is 0.526. The largest absolute Gasteiger partial charge is 0.334 e. The Bertz CT molecular complexity index is 169. The van der Waals surface area contributed by atoms with E-state index in [9.17, 15) is 0 Å². The van der Waals surface area contributed by atoms with Gasteiger partial charge in [0.1, 0.15) is 8.24 Å². The number of nitrogens with one attached hydrogen (secondary N) is 1. The van der Waals surface area contributed by atoms with Gasteiger partial charge in [0.2, 0.25) is 0 Å². The zero-order valence-corrected chi connectivity index (χ0v) is 10.9. The highest BCUT2D eigenvalue weighted by molar-refractivity contribution is 6.73. The smallest absolute Gasteiger partial charge is 0.116 e. The maximum Gasteiger partial charge on any atom is 0.116 e. The van der Waals surface area contributed by atoms with Gasteiger partial charge in [-0.25, -0.2) is 0 Å². The highest BCUT2D eigenvalue weighted by Gasteiger charge is 2.34. The predicted molar refractivity (Wildman–Crippen MR) is 62.5 cm³/mol. The average Bonchev–Trinajstić information content (AvgIpc) is 1.91. The molecule has 0 bridgehead atoms. The third-order valence-electron chi connectivity index (χ3n) is 3.11. The highest BCUT2D eigenvalue weighted by Crippen LogP contribution is 2.35. The SMILES string of the molecule is CC1(C)CCCCC1N[Si](C)(C)C. The van der Waals surface area contributed by atoms with Crippen LogP contribution in [0.1, 0.15) is 39.5 Å². The lowest BCUT2D eigenvalue weighted by Gasteiger charge is -2.42. The van der Waals surface area contributed by atoms with Crippen LogP contribution < -0.4 is 4.98 Å². The molecular weight excluding hydrogens is 174 g/mol. The van der Waals surface area contributed by atoms with E-state index in [1.165, 1.54) is 25.7 Å². The standard InChI is InChI=1S/C11H25NSi/c1-11(2)9-7-6-8-10(11)12-13(3,4)5/h10,12H,6-9H2,1-5H3. The van der Waals surface area contributed by atoms with E-state index in [0.29, 0.717) is 5.41 Å². The average molecular weight is 199 g/mol. The first-order chi connectivity index (χ1) is 5.81. The van der Waals surface area contributed by atoms with E-state index in [0.717, 1.165) is 6.04 Å². The number of hydrogen-bond acceptors (Lipinski definition) is 1. The lowest BCUT2D eigenvalue weighted by molar-refractivity contribution is 0.186. The zero-order chi connectivity index (χ0) is 10.1. The minimum atomic E-state index is -1.08. The van der Waals surface area contributed by atoms with Crippen molar-refractivity contribution in [2.45, 2.75) is 65.2 Å². The van der Waals surface area contributed by atoms with Crippen molar-refractivity contribution in [1.29, 1.82) is 0 Å². The summed E-state index contributed by atoms with van der Waals surface area (Å²) >= 11 is 0. The molecule has 1 saturated carbocycles. The van der Waals surface area contributed by atoms with Crippen LogP contribution in [-0.4, -0.2) is 14.3 Å². The van der Waals surface area contributed by atoms with Crippen LogP contribution in [0.25, 0.3) is 0 Å². The molecule has 1 unspecified atom stereocenters. The van der Waals surface area contributed by atoms with Crippen molar-refractivity contribution in [3.8, 4) is 0 Å². The summed E-state index contributed by atoms with van der Waals surface area (Å²) in [4.78, 5) is 3.89. The molecule has 1 atom stereocenters. The van der Waals surface area contributed by atoms with Crippen molar-refractivity contribution in [1.82, 2.24) is 4.98 Å². The zero-order valence-electron chi connectivity index (χ0n) is 9.91. The molecule has 1 rings (SSSR count). The lowest BCUT2D eigenvalue weighted by Crippen LogP contribution is -2.54. The molecule has 2 heteroatoms. The van der Waals surface area contributed by atoms with Gasteiger partial charge in [0, 0.05) is 6.04 Å². The van der Waals surface area contributed by atoms with Gasteiger partial charge >= 0.3 is 0 Å². The fourth-order valence-electron chi connectivity index (χ4n) is 2.28. The molecule has 0 saturated heterocycles. The van der Waals surface area contributed by atoms with Gasteiger partial charge < -0.3 is 4.98 Å². The normalized spacial score (nSPS) is 28.8. The van der Waals surface area contributed by atoms with E-state index in [1.807, 2.05) is 0 Å². The van der Waals surface area contributed by atoms with Crippen molar-refractivity contribution in [2.75, 3.05) is 0 Å². The third-order valence-corrected chi connectivity index (χ3v) is 4.33. The van der Waals surface area contributed by atoms with Gasteiger partial charge in [0.25, 0.3) is 0 Å².